The SMILES string of the molecule is O=C(CNS(=O)(=O)c1ccccc1)N1CCN(C/C=C/c2ccccc2)CC1. The standard InChI is InChI=1S/C21H25N3O3S/c25-21(18-22-28(26,27)20-11-5-2-6-12-20)24-16-14-23(15-17-24)13-7-10-19-8-3-1-4-9-19/h1-12,22H,13-18H2/b10-7+. The van der Waals surface area contributed by atoms with Crippen molar-refractivity contribution in [2.75, 3.05) is 39.3 Å². The third-order valence-electron chi connectivity index (χ3n) is 4.67. The van der Waals surface area contributed by atoms with E-state index in [1.54, 1.807) is 23.1 Å². The Kier molecular flexibility index (Phi) is 6.97. The minimum atomic E-state index is -3.66. The maximum absolute atomic E-state index is 12.3. The Bertz CT molecular complexity index is 891. The zero-order chi connectivity index (χ0) is 19.8. The zero-order valence-corrected chi connectivity index (χ0v) is 16.5. The largest absolute Gasteiger partial charge is 0.339 e. The van der Waals surface area contributed by atoms with Crippen molar-refractivity contribution in [1.82, 2.24) is 14.5 Å². The van der Waals surface area contributed by atoms with Gasteiger partial charge in [0.2, 0.25) is 15.9 Å². The van der Waals surface area contributed by atoms with Gasteiger partial charge >= 0.3 is 0 Å². The normalized spacial score (nSPS) is 15.8. The van der Waals surface area contributed by atoms with E-state index in [2.05, 4.69) is 33.9 Å². The van der Waals surface area contributed by atoms with Gasteiger partial charge in [0.1, 0.15) is 0 Å². The second-order valence-corrected chi connectivity index (χ2v) is 8.40. The molecule has 0 aromatic heterocycles. The van der Waals surface area contributed by atoms with Gasteiger partial charge in [0, 0.05) is 32.7 Å². The molecule has 1 N–H and O–H groups in total. The first-order valence-corrected chi connectivity index (χ1v) is 10.8. The number of nitrogens with one attached hydrogen (secondary N) is 1. The molecule has 0 saturated carbocycles. The Balaban J connectivity index is 1.42. The first-order chi connectivity index (χ1) is 13.5. The Labute approximate surface area is 166 Å². The Morgan fingerprint density at radius 3 is 2.18 bits per heavy atom. The van der Waals surface area contributed by atoms with E-state index in [-0.39, 0.29) is 17.3 Å². The molecule has 1 fully saturated rings. The van der Waals surface area contributed by atoms with Gasteiger partial charge in [-0.3, -0.25) is 9.69 Å². The molecule has 2 aromatic carbocycles. The molecule has 28 heavy (non-hydrogen) atoms. The zero-order valence-electron chi connectivity index (χ0n) is 15.7. The van der Waals surface area contributed by atoms with Gasteiger partial charge < -0.3 is 4.90 Å². The van der Waals surface area contributed by atoms with E-state index >= 15 is 0 Å². The van der Waals surface area contributed by atoms with E-state index in [1.165, 1.54) is 17.7 Å². The van der Waals surface area contributed by atoms with Crippen LogP contribution in [0.4, 0.5) is 0 Å². The van der Waals surface area contributed by atoms with Gasteiger partial charge in [0.15, 0.2) is 0 Å². The molecule has 6 nitrogen and oxygen atoms in total. The number of rotatable bonds is 7. The lowest BCUT2D eigenvalue weighted by Gasteiger charge is -2.34. The fourth-order valence-electron chi connectivity index (χ4n) is 3.03. The second-order valence-electron chi connectivity index (χ2n) is 6.63. The van der Waals surface area contributed by atoms with Crippen molar-refractivity contribution in [2.45, 2.75) is 4.90 Å². The second kappa shape index (κ2) is 9.64. The lowest BCUT2D eigenvalue weighted by Crippen LogP contribution is -2.51. The minimum absolute atomic E-state index is 0.165. The van der Waals surface area contributed by atoms with E-state index in [9.17, 15) is 13.2 Å². The van der Waals surface area contributed by atoms with E-state index in [0.29, 0.717) is 13.1 Å². The fourth-order valence-corrected chi connectivity index (χ4v) is 4.03. The van der Waals surface area contributed by atoms with Crippen LogP contribution in [0, 0.1) is 0 Å². The number of carbonyl (C=O) groups is 1. The molecule has 0 radical (unpaired) electrons. The number of benzene rings is 2. The van der Waals surface area contributed by atoms with Crippen LogP contribution >= 0.6 is 0 Å². The van der Waals surface area contributed by atoms with Crippen molar-refractivity contribution in [3.63, 3.8) is 0 Å². The number of nitrogens with zero attached hydrogens (tertiary/aromatic N) is 2. The molecule has 0 bridgehead atoms. The van der Waals surface area contributed by atoms with Crippen LogP contribution in [0.15, 0.2) is 71.6 Å². The molecule has 0 atom stereocenters. The summed E-state index contributed by atoms with van der Waals surface area (Å²) in [6.45, 7) is 3.37. The molecule has 0 spiro atoms. The minimum Gasteiger partial charge on any atom is -0.339 e. The summed E-state index contributed by atoms with van der Waals surface area (Å²) in [5.74, 6) is -0.195. The molecule has 1 saturated heterocycles. The van der Waals surface area contributed by atoms with Crippen LogP contribution < -0.4 is 4.72 Å². The smallest absolute Gasteiger partial charge is 0.241 e. The fraction of sp³-hybridized carbons (Fsp3) is 0.286. The van der Waals surface area contributed by atoms with Crippen LogP contribution in [-0.2, 0) is 14.8 Å². The molecule has 1 aliphatic heterocycles. The molecule has 148 valence electrons. The van der Waals surface area contributed by atoms with Crippen LogP contribution in [0.3, 0.4) is 0 Å². The topological polar surface area (TPSA) is 69.7 Å². The summed E-state index contributed by atoms with van der Waals surface area (Å²) in [5, 5.41) is 0. The van der Waals surface area contributed by atoms with Crippen LogP contribution in [0.5, 0.6) is 0 Å². The molecule has 7 heteroatoms. The number of sulfonamides is 1. The lowest BCUT2D eigenvalue weighted by atomic mass is 10.2. The van der Waals surface area contributed by atoms with Gasteiger partial charge in [-0.05, 0) is 17.7 Å². The molecule has 0 aliphatic carbocycles. The summed E-state index contributed by atoms with van der Waals surface area (Å²) >= 11 is 0. The first kappa shape index (κ1) is 20.3. The molecular formula is C21H25N3O3S. The van der Waals surface area contributed by atoms with Gasteiger partial charge in [0.05, 0.1) is 11.4 Å². The number of piperazine rings is 1. The van der Waals surface area contributed by atoms with Gasteiger partial charge in [-0.25, -0.2) is 13.1 Å². The molecular weight excluding hydrogens is 374 g/mol. The van der Waals surface area contributed by atoms with Crippen LogP contribution in [-0.4, -0.2) is 63.4 Å². The Morgan fingerprint density at radius 1 is 0.929 bits per heavy atom. The Morgan fingerprint density at radius 2 is 1.54 bits per heavy atom. The maximum Gasteiger partial charge on any atom is 0.241 e. The lowest BCUT2D eigenvalue weighted by molar-refractivity contribution is -0.131. The molecule has 3 rings (SSSR count). The number of carbonyl (C=O) groups excluding carboxylic acids is 1. The summed E-state index contributed by atoms with van der Waals surface area (Å²) < 4.78 is 26.8. The van der Waals surface area contributed by atoms with Crippen LogP contribution in [0.1, 0.15) is 5.56 Å². The highest BCUT2D eigenvalue weighted by Crippen LogP contribution is 2.08. The average Bonchev–Trinajstić information content (AvgIpc) is 2.74. The molecule has 0 unspecified atom stereocenters. The van der Waals surface area contributed by atoms with Crippen molar-refractivity contribution in [2.24, 2.45) is 0 Å². The van der Waals surface area contributed by atoms with Crippen molar-refractivity contribution in [3.05, 3.63) is 72.3 Å². The van der Waals surface area contributed by atoms with E-state index in [4.69, 9.17) is 0 Å². The summed E-state index contributed by atoms with van der Waals surface area (Å²) in [6.07, 6.45) is 4.22. The van der Waals surface area contributed by atoms with Gasteiger partial charge in [-0.2, -0.15) is 0 Å². The highest BCUT2D eigenvalue weighted by molar-refractivity contribution is 7.89. The van der Waals surface area contributed by atoms with E-state index in [0.717, 1.165) is 19.6 Å². The highest BCUT2D eigenvalue weighted by Gasteiger charge is 2.22. The van der Waals surface area contributed by atoms with E-state index in [1.807, 2.05) is 18.2 Å². The molecule has 1 heterocycles. The maximum atomic E-state index is 12.3. The number of amides is 1. The summed E-state index contributed by atoms with van der Waals surface area (Å²) in [7, 11) is -3.66. The third-order valence-corrected chi connectivity index (χ3v) is 6.08. The molecule has 1 amide bonds. The van der Waals surface area contributed by atoms with Crippen molar-refractivity contribution in [1.29, 1.82) is 0 Å². The average molecular weight is 400 g/mol. The first-order valence-electron chi connectivity index (χ1n) is 9.31. The van der Waals surface area contributed by atoms with Crippen molar-refractivity contribution < 1.29 is 13.2 Å². The Hall–Kier alpha value is -2.48. The van der Waals surface area contributed by atoms with Crippen molar-refractivity contribution in [3.8, 4) is 0 Å². The van der Waals surface area contributed by atoms with Gasteiger partial charge in [-0.1, -0.05) is 60.7 Å². The predicted molar refractivity (Wildman–Crippen MR) is 110 cm³/mol. The molecule has 1 aliphatic rings. The quantitative estimate of drug-likeness (QED) is 0.771. The monoisotopic (exact) mass is 399 g/mol. The third kappa shape index (κ3) is 5.76. The van der Waals surface area contributed by atoms with E-state index < -0.39 is 10.0 Å². The van der Waals surface area contributed by atoms with Crippen LogP contribution in [0.25, 0.3) is 6.08 Å². The summed E-state index contributed by atoms with van der Waals surface area (Å²) in [5.41, 5.74) is 1.17. The summed E-state index contributed by atoms with van der Waals surface area (Å²) in [4.78, 5) is 16.5. The van der Waals surface area contributed by atoms with Crippen molar-refractivity contribution >= 4 is 22.0 Å². The molecule has 2 aromatic rings. The highest BCUT2D eigenvalue weighted by atomic mass is 32.2. The number of hydrogen-bond donors (Lipinski definition) is 1. The van der Waals surface area contributed by atoms with Gasteiger partial charge in [-0.15, -0.1) is 0 Å². The van der Waals surface area contributed by atoms with Crippen LogP contribution in [0.2, 0.25) is 0 Å². The predicted octanol–water partition coefficient (Wildman–Crippen LogP) is 1.82. The summed E-state index contributed by atoms with van der Waals surface area (Å²) in [6, 6.07) is 18.2. The van der Waals surface area contributed by atoms with Gasteiger partial charge in [0.25, 0.3) is 0 Å². The number of hydrogen-bond acceptors (Lipinski definition) is 4.